The van der Waals surface area contributed by atoms with E-state index in [0.717, 1.165) is 21.6 Å². The molecule has 0 aromatic heterocycles. The van der Waals surface area contributed by atoms with Crippen molar-refractivity contribution in [1.29, 1.82) is 5.41 Å². The van der Waals surface area contributed by atoms with Crippen LogP contribution in [0.25, 0.3) is 0 Å². The summed E-state index contributed by atoms with van der Waals surface area (Å²) in [6, 6.07) is 11.7. The van der Waals surface area contributed by atoms with Crippen molar-refractivity contribution >= 4 is 23.7 Å². The van der Waals surface area contributed by atoms with Crippen molar-refractivity contribution in [1.82, 2.24) is 9.80 Å². The second-order valence-corrected chi connectivity index (χ2v) is 7.71. The van der Waals surface area contributed by atoms with Crippen molar-refractivity contribution in [3.05, 3.63) is 70.3 Å². The minimum atomic E-state index is -1.39. The lowest BCUT2D eigenvalue weighted by Crippen LogP contribution is -2.44. The Bertz CT molecular complexity index is 1030. The van der Waals surface area contributed by atoms with Gasteiger partial charge < -0.3 is 15.7 Å². The van der Waals surface area contributed by atoms with Crippen LogP contribution in [-0.4, -0.2) is 45.2 Å². The van der Waals surface area contributed by atoms with Crippen molar-refractivity contribution < 1.29 is 19.5 Å². The molecule has 2 aromatic carbocycles. The average molecular weight is 408 g/mol. The summed E-state index contributed by atoms with van der Waals surface area (Å²) in [6.07, 6.45) is 0. The highest BCUT2D eigenvalue weighted by Gasteiger charge is 2.55. The third-order valence-corrected chi connectivity index (χ3v) is 5.34. The number of carboxylic acid groups (broad SMARTS) is 1. The number of rotatable bonds is 6. The Hall–Kier alpha value is -3.68. The normalized spacial score (nSPS) is 18.8. The first-order valence-electron chi connectivity index (χ1n) is 9.41. The zero-order chi connectivity index (χ0) is 22.2. The Balaban J connectivity index is 2.09. The lowest BCUT2D eigenvalue weighted by Gasteiger charge is -2.32. The maximum absolute atomic E-state index is 13.3. The molecule has 0 unspecified atom stereocenters. The molecule has 0 spiro atoms. The highest BCUT2D eigenvalue weighted by Crippen LogP contribution is 2.38. The molecule has 1 fully saturated rings. The van der Waals surface area contributed by atoms with E-state index < -0.39 is 30.0 Å². The van der Waals surface area contributed by atoms with Crippen LogP contribution in [0.3, 0.4) is 0 Å². The zero-order valence-electron chi connectivity index (χ0n) is 17.1. The summed E-state index contributed by atoms with van der Waals surface area (Å²) in [5, 5.41) is 16.7. The second-order valence-electron chi connectivity index (χ2n) is 7.71. The number of amides is 3. The fourth-order valence-corrected chi connectivity index (χ4v) is 3.90. The van der Waals surface area contributed by atoms with E-state index in [9.17, 15) is 19.5 Å². The molecular formula is C22H24N4O4. The average Bonchev–Trinajstić information content (AvgIpc) is 2.83. The molecule has 3 rings (SSSR count). The SMILES string of the molecule is Cc1cc(C)cc(CN2C(=O)N(CC(=O)O)C(=O)[C@]2(C)c2ccc(C(=N)N)cc2)c1. The maximum Gasteiger partial charge on any atom is 0.328 e. The number of nitrogens with two attached hydrogens (primary N) is 1. The van der Waals surface area contributed by atoms with E-state index in [4.69, 9.17) is 11.1 Å². The first-order valence-corrected chi connectivity index (χ1v) is 9.41. The molecule has 0 bridgehead atoms. The van der Waals surface area contributed by atoms with Gasteiger partial charge in [-0.1, -0.05) is 53.6 Å². The molecule has 156 valence electrons. The lowest BCUT2D eigenvalue weighted by molar-refractivity contribution is -0.143. The van der Waals surface area contributed by atoms with Gasteiger partial charge in [0, 0.05) is 12.1 Å². The van der Waals surface area contributed by atoms with Crippen LogP contribution < -0.4 is 5.73 Å². The number of amidine groups is 1. The number of carbonyl (C=O) groups is 3. The summed E-state index contributed by atoms with van der Waals surface area (Å²) in [5.41, 5.74) is 8.02. The fourth-order valence-electron chi connectivity index (χ4n) is 3.90. The van der Waals surface area contributed by atoms with E-state index >= 15 is 0 Å². The van der Waals surface area contributed by atoms with Gasteiger partial charge in [0.15, 0.2) is 0 Å². The van der Waals surface area contributed by atoms with Crippen LogP contribution in [0.5, 0.6) is 0 Å². The van der Waals surface area contributed by atoms with Crippen LogP contribution in [0.4, 0.5) is 4.79 Å². The number of urea groups is 1. The number of carbonyl (C=O) groups excluding carboxylic acids is 2. The number of carboxylic acids is 1. The molecule has 1 heterocycles. The molecule has 0 radical (unpaired) electrons. The minimum Gasteiger partial charge on any atom is -0.480 e. The summed E-state index contributed by atoms with van der Waals surface area (Å²) >= 11 is 0. The standard InChI is InChI=1S/C22H24N4O4/c1-13-8-14(2)10-15(9-13)11-26-21(30)25(12-18(27)28)20(29)22(26,3)17-6-4-16(5-7-17)19(23)24/h4-10H,11-12H2,1-3H3,(H3,23,24)(H,27,28)/t22-/m0/s1. The molecule has 8 nitrogen and oxygen atoms in total. The second kappa shape index (κ2) is 7.62. The van der Waals surface area contributed by atoms with Crippen molar-refractivity contribution in [2.24, 2.45) is 5.73 Å². The monoisotopic (exact) mass is 408 g/mol. The zero-order valence-corrected chi connectivity index (χ0v) is 17.1. The molecule has 0 aliphatic carbocycles. The Morgan fingerprint density at radius 1 is 1.10 bits per heavy atom. The molecule has 1 atom stereocenters. The quantitative estimate of drug-likeness (QED) is 0.384. The van der Waals surface area contributed by atoms with Crippen LogP contribution in [0.15, 0.2) is 42.5 Å². The third-order valence-electron chi connectivity index (χ3n) is 5.34. The van der Waals surface area contributed by atoms with Gasteiger partial charge in [-0.25, -0.2) is 4.79 Å². The Morgan fingerprint density at radius 3 is 2.17 bits per heavy atom. The van der Waals surface area contributed by atoms with Gasteiger partial charge in [-0.05, 0) is 31.9 Å². The molecule has 2 aromatic rings. The highest BCUT2D eigenvalue weighted by molar-refractivity contribution is 6.08. The van der Waals surface area contributed by atoms with Gasteiger partial charge >= 0.3 is 12.0 Å². The largest absolute Gasteiger partial charge is 0.480 e. The highest BCUT2D eigenvalue weighted by atomic mass is 16.4. The van der Waals surface area contributed by atoms with Gasteiger partial charge in [0.1, 0.15) is 17.9 Å². The van der Waals surface area contributed by atoms with E-state index in [1.54, 1.807) is 31.2 Å². The number of aliphatic carboxylic acids is 1. The van der Waals surface area contributed by atoms with E-state index in [1.165, 1.54) is 4.90 Å². The molecular weight excluding hydrogens is 384 g/mol. The maximum atomic E-state index is 13.3. The molecule has 30 heavy (non-hydrogen) atoms. The van der Waals surface area contributed by atoms with E-state index in [-0.39, 0.29) is 12.4 Å². The number of hydrogen-bond acceptors (Lipinski definition) is 4. The first-order chi connectivity index (χ1) is 14.0. The van der Waals surface area contributed by atoms with Crippen LogP contribution in [0.1, 0.15) is 34.7 Å². The van der Waals surface area contributed by atoms with Crippen LogP contribution in [0.2, 0.25) is 0 Å². The minimum absolute atomic E-state index is 0.111. The lowest BCUT2D eigenvalue weighted by atomic mass is 9.89. The summed E-state index contributed by atoms with van der Waals surface area (Å²) in [6.45, 7) is 4.95. The van der Waals surface area contributed by atoms with Crippen molar-refractivity contribution in [3.63, 3.8) is 0 Å². The molecule has 1 saturated heterocycles. The Labute approximate surface area is 174 Å². The van der Waals surface area contributed by atoms with E-state index in [0.29, 0.717) is 11.1 Å². The topological polar surface area (TPSA) is 128 Å². The molecule has 8 heteroatoms. The molecule has 1 aliphatic rings. The molecule has 4 N–H and O–H groups in total. The van der Waals surface area contributed by atoms with Crippen molar-refractivity contribution in [2.75, 3.05) is 6.54 Å². The first kappa shape index (κ1) is 21.0. The predicted molar refractivity (Wildman–Crippen MR) is 111 cm³/mol. The summed E-state index contributed by atoms with van der Waals surface area (Å²) in [7, 11) is 0. The number of benzene rings is 2. The van der Waals surface area contributed by atoms with Gasteiger partial charge in [0.05, 0.1) is 0 Å². The number of nitrogens with one attached hydrogen (secondary N) is 1. The Kier molecular flexibility index (Phi) is 5.35. The van der Waals surface area contributed by atoms with Gasteiger partial charge in [0.2, 0.25) is 0 Å². The third kappa shape index (κ3) is 3.63. The predicted octanol–water partition coefficient (Wildman–Crippen LogP) is 2.35. The number of nitrogens with zero attached hydrogens (tertiary/aromatic N) is 2. The van der Waals surface area contributed by atoms with Crippen LogP contribution in [-0.2, 0) is 21.7 Å². The summed E-state index contributed by atoms with van der Waals surface area (Å²) in [5.74, 6) is -1.98. The number of nitrogen functional groups attached to an aromatic ring is 1. The van der Waals surface area contributed by atoms with E-state index in [1.807, 2.05) is 32.0 Å². The summed E-state index contributed by atoms with van der Waals surface area (Å²) in [4.78, 5) is 39.8. The van der Waals surface area contributed by atoms with Crippen LogP contribution in [0, 0.1) is 19.3 Å². The number of aryl methyl sites for hydroxylation is 2. The van der Waals surface area contributed by atoms with Gasteiger partial charge in [-0.2, -0.15) is 0 Å². The van der Waals surface area contributed by atoms with Gasteiger partial charge in [0.25, 0.3) is 5.91 Å². The smallest absolute Gasteiger partial charge is 0.328 e. The molecule has 1 aliphatic heterocycles. The molecule has 3 amide bonds. The summed E-state index contributed by atoms with van der Waals surface area (Å²) < 4.78 is 0. The Morgan fingerprint density at radius 2 is 1.67 bits per heavy atom. The fraction of sp³-hybridized carbons (Fsp3) is 0.273. The molecule has 0 saturated carbocycles. The van der Waals surface area contributed by atoms with Crippen molar-refractivity contribution in [2.45, 2.75) is 32.9 Å². The van der Waals surface area contributed by atoms with Crippen molar-refractivity contribution in [3.8, 4) is 0 Å². The van der Waals surface area contributed by atoms with Gasteiger partial charge in [-0.3, -0.25) is 19.9 Å². The van der Waals surface area contributed by atoms with Gasteiger partial charge in [-0.15, -0.1) is 0 Å². The van der Waals surface area contributed by atoms with E-state index in [2.05, 4.69) is 0 Å². The number of imide groups is 1. The number of hydrogen-bond donors (Lipinski definition) is 3. The van der Waals surface area contributed by atoms with Crippen LogP contribution >= 0.6 is 0 Å².